The topological polar surface area (TPSA) is 26.3 Å². The Hall–Kier alpha value is -2.09. The van der Waals surface area contributed by atoms with E-state index in [9.17, 15) is 4.79 Å². The zero-order chi connectivity index (χ0) is 21.2. The fourth-order valence-electron chi connectivity index (χ4n) is 4.46. The number of unbranched alkanes of at least 4 members (excludes halogenated alkanes) is 5. The second kappa shape index (κ2) is 11.9. The Morgan fingerprint density at radius 1 is 0.933 bits per heavy atom. The molecule has 1 atom stereocenters. The van der Waals surface area contributed by atoms with Gasteiger partial charge in [0.15, 0.2) is 0 Å². The number of carbonyl (C=O) groups is 1. The third-order valence-electron chi connectivity index (χ3n) is 6.38. The summed E-state index contributed by atoms with van der Waals surface area (Å²) in [5.41, 5.74) is 2.83. The largest absolute Gasteiger partial charge is 0.427 e. The van der Waals surface area contributed by atoms with E-state index < -0.39 is 0 Å². The van der Waals surface area contributed by atoms with Crippen molar-refractivity contribution in [3.8, 4) is 5.75 Å². The monoisotopic (exact) mass is 406 g/mol. The number of hydrogen-bond acceptors (Lipinski definition) is 2. The molecule has 2 heteroatoms. The van der Waals surface area contributed by atoms with E-state index in [1.54, 1.807) is 0 Å². The third-order valence-corrected chi connectivity index (χ3v) is 6.38. The summed E-state index contributed by atoms with van der Waals surface area (Å²) in [7, 11) is 0. The SMILES string of the molecule is CCCCCCC(=O)Oc1ccc2cc(C3=CCC(CCCCC)CC3)ccc2c1. The van der Waals surface area contributed by atoms with E-state index in [4.69, 9.17) is 4.74 Å². The first kappa shape index (κ1) is 22.6. The van der Waals surface area contributed by atoms with Crippen molar-refractivity contribution in [3.05, 3.63) is 48.0 Å². The molecule has 1 aliphatic carbocycles. The molecule has 0 aromatic heterocycles. The fraction of sp³-hybridized carbons (Fsp3) is 0.536. The van der Waals surface area contributed by atoms with Gasteiger partial charge in [-0.3, -0.25) is 4.79 Å². The summed E-state index contributed by atoms with van der Waals surface area (Å²) in [5.74, 6) is 1.41. The molecule has 162 valence electrons. The highest BCUT2D eigenvalue weighted by Crippen LogP contribution is 2.34. The Kier molecular flexibility index (Phi) is 8.99. The molecule has 2 aromatic carbocycles. The van der Waals surface area contributed by atoms with E-state index in [-0.39, 0.29) is 5.97 Å². The van der Waals surface area contributed by atoms with Crippen LogP contribution in [0.1, 0.15) is 96.5 Å². The van der Waals surface area contributed by atoms with E-state index in [0.29, 0.717) is 12.2 Å². The van der Waals surface area contributed by atoms with Gasteiger partial charge in [-0.2, -0.15) is 0 Å². The average molecular weight is 407 g/mol. The summed E-state index contributed by atoms with van der Waals surface area (Å²) in [6.45, 7) is 4.45. The minimum absolute atomic E-state index is 0.122. The lowest BCUT2D eigenvalue weighted by atomic mass is 9.83. The summed E-state index contributed by atoms with van der Waals surface area (Å²) in [6, 6.07) is 12.7. The van der Waals surface area contributed by atoms with Gasteiger partial charge in [-0.15, -0.1) is 0 Å². The second-order valence-corrected chi connectivity index (χ2v) is 8.87. The van der Waals surface area contributed by atoms with Gasteiger partial charge in [0.2, 0.25) is 0 Å². The molecule has 0 aliphatic heterocycles. The Bertz CT molecular complexity index is 849. The lowest BCUT2D eigenvalue weighted by molar-refractivity contribution is -0.134. The number of ether oxygens (including phenoxy) is 1. The molecular formula is C28H38O2. The van der Waals surface area contributed by atoms with Crippen molar-refractivity contribution in [1.29, 1.82) is 0 Å². The summed E-state index contributed by atoms with van der Waals surface area (Å²) in [5, 5.41) is 2.34. The van der Waals surface area contributed by atoms with Crippen molar-refractivity contribution >= 4 is 22.3 Å². The fourth-order valence-corrected chi connectivity index (χ4v) is 4.46. The van der Waals surface area contributed by atoms with E-state index in [2.05, 4.69) is 44.2 Å². The number of hydrogen-bond donors (Lipinski definition) is 0. The van der Waals surface area contributed by atoms with Crippen LogP contribution in [0.5, 0.6) is 5.75 Å². The van der Waals surface area contributed by atoms with Crippen LogP contribution in [0, 0.1) is 5.92 Å². The molecule has 0 N–H and O–H groups in total. The maximum atomic E-state index is 12.1. The third kappa shape index (κ3) is 6.72. The molecule has 2 aromatic rings. The van der Waals surface area contributed by atoms with E-state index in [1.807, 2.05) is 12.1 Å². The molecular weight excluding hydrogens is 368 g/mol. The maximum absolute atomic E-state index is 12.1. The molecule has 3 rings (SSSR count). The van der Waals surface area contributed by atoms with Crippen LogP contribution in [0.3, 0.4) is 0 Å². The molecule has 0 radical (unpaired) electrons. The van der Waals surface area contributed by atoms with Crippen LogP contribution in [0.15, 0.2) is 42.5 Å². The predicted octanol–water partition coefficient (Wildman–Crippen LogP) is 8.48. The minimum Gasteiger partial charge on any atom is -0.427 e. The standard InChI is InChI=1S/C28H38O2/c1-3-5-7-9-11-28(29)30-27-19-18-25-20-24(16-17-26(25)21-27)23-14-12-22(13-15-23)10-8-6-4-2/h14,16-22H,3-13,15H2,1-2H3. The van der Waals surface area contributed by atoms with Gasteiger partial charge in [-0.05, 0) is 71.7 Å². The van der Waals surface area contributed by atoms with Crippen molar-refractivity contribution in [1.82, 2.24) is 0 Å². The smallest absolute Gasteiger partial charge is 0.311 e. The van der Waals surface area contributed by atoms with Crippen LogP contribution in [0.4, 0.5) is 0 Å². The first-order valence-corrected chi connectivity index (χ1v) is 12.1. The van der Waals surface area contributed by atoms with Crippen LogP contribution in [-0.4, -0.2) is 5.97 Å². The van der Waals surface area contributed by atoms with Crippen LogP contribution < -0.4 is 4.74 Å². The molecule has 2 nitrogen and oxygen atoms in total. The Morgan fingerprint density at radius 3 is 2.47 bits per heavy atom. The van der Waals surface area contributed by atoms with E-state index >= 15 is 0 Å². The van der Waals surface area contributed by atoms with Gasteiger partial charge >= 0.3 is 5.97 Å². The van der Waals surface area contributed by atoms with E-state index in [0.717, 1.165) is 24.1 Å². The molecule has 0 spiro atoms. The van der Waals surface area contributed by atoms with Crippen molar-refractivity contribution in [3.63, 3.8) is 0 Å². The molecule has 1 unspecified atom stereocenters. The Morgan fingerprint density at radius 2 is 1.70 bits per heavy atom. The van der Waals surface area contributed by atoms with Crippen molar-refractivity contribution in [2.24, 2.45) is 5.92 Å². The predicted molar refractivity (Wildman–Crippen MR) is 128 cm³/mol. The second-order valence-electron chi connectivity index (χ2n) is 8.87. The van der Waals surface area contributed by atoms with Gasteiger partial charge in [0.05, 0.1) is 0 Å². The van der Waals surface area contributed by atoms with Gasteiger partial charge < -0.3 is 4.74 Å². The zero-order valence-electron chi connectivity index (χ0n) is 18.9. The van der Waals surface area contributed by atoms with Gasteiger partial charge in [0, 0.05) is 6.42 Å². The summed E-state index contributed by atoms with van der Waals surface area (Å²) < 4.78 is 5.55. The maximum Gasteiger partial charge on any atom is 0.311 e. The highest BCUT2D eigenvalue weighted by atomic mass is 16.5. The van der Waals surface area contributed by atoms with Crippen molar-refractivity contribution in [2.75, 3.05) is 0 Å². The first-order chi connectivity index (χ1) is 14.7. The van der Waals surface area contributed by atoms with Gasteiger partial charge in [0.25, 0.3) is 0 Å². The number of esters is 1. The average Bonchev–Trinajstić information content (AvgIpc) is 2.77. The summed E-state index contributed by atoms with van der Waals surface area (Å²) in [4.78, 5) is 12.1. The normalized spacial score (nSPS) is 16.5. The van der Waals surface area contributed by atoms with E-state index in [1.165, 1.54) is 74.3 Å². The first-order valence-electron chi connectivity index (χ1n) is 12.1. The quantitative estimate of drug-likeness (QED) is 0.212. The Balaban J connectivity index is 1.58. The number of fused-ring (bicyclic) bond motifs is 1. The molecule has 1 aliphatic rings. The van der Waals surface area contributed by atoms with Gasteiger partial charge in [-0.1, -0.05) is 83.1 Å². The highest BCUT2D eigenvalue weighted by Gasteiger charge is 2.15. The number of carbonyl (C=O) groups excluding carboxylic acids is 1. The number of benzene rings is 2. The Labute approximate surface area is 182 Å². The minimum atomic E-state index is -0.122. The summed E-state index contributed by atoms with van der Waals surface area (Å²) in [6.07, 6.45) is 16.5. The molecule has 0 heterocycles. The highest BCUT2D eigenvalue weighted by molar-refractivity contribution is 5.88. The summed E-state index contributed by atoms with van der Waals surface area (Å²) >= 11 is 0. The van der Waals surface area contributed by atoms with Crippen LogP contribution in [-0.2, 0) is 4.79 Å². The molecule has 0 fully saturated rings. The molecule has 0 saturated heterocycles. The number of allylic oxidation sites excluding steroid dienone is 2. The van der Waals surface area contributed by atoms with Crippen molar-refractivity contribution < 1.29 is 9.53 Å². The van der Waals surface area contributed by atoms with Crippen LogP contribution in [0.2, 0.25) is 0 Å². The van der Waals surface area contributed by atoms with Crippen LogP contribution >= 0.6 is 0 Å². The van der Waals surface area contributed by atoms with Crippen molar-refractivity contribution in [2.45, 2.75) is 90.9 Å². The lowest BCUT2D eigenvalue weighted by Gasteiger charge is -2.22. The molecule has 0 saturated carbocycles. The zero-order valence-corrected chi connectivity index (χ0v) is 18.9. The molecule has 0 amide bonds. The van der Waals surface area contributed by atoms with Crippen LogP contribution in [0.25, 0.3) is 16.3 Å². The number of rotatable bonds is 11. The molecule has 30 heavy (non-hydrogen) atoms. The van der Waals surface area contributed by atoms with Gasteiger partial charge in [0.1, 0.15) is 5.75 Å². The lowest BCUT2D eigenvalue weighted by Crippen LogP contribution is -2.07. The molecule has 0 bridgehead atoms. The van der Waals surface area contributed by atoms with Gasteiger partial charge in [-0.25, -0.2) is 0 Å².